The Balaban J connectivity index is 1.43. The van der Waals surface area contributed by atoms with Crippen LogP contribution in [0.2, 0.25) is 0 Å². The van der Waals surface area contributed by atoms with Gasteiger partial charge in [-0.1, -0.05) is 44.2 Å². The molecule has 0 amide bonds. The van der Waals surface area contributed by atoms with Crippen molar-refractivity contribution in [3.05, 3.63) is 83.9 Å². The second kappa shape index (κ2) is 8.69. The SMILES string of the molecule is CC(C)c1ccc(NC(=S)Nc2ccc(S(=O)(=O)N3CCc4ccccc43)cc2)cc1. The van der Waals surface area contributed by atoms with Crippen LogP contribution < -0.4 is 14.9 Å². The molecule has 0 radical (unpaired) electrons. The van der Waals surface area contributed by atoms with Gasteiger partial charge in [0, 0.05) is 17.9 Å². The van der Waals surface area contributed by atoms with Gasteiger partial charge in [-0.3, -0.25) is 4.31 Å². The molecule has 31 heavy (non-hydrogen) atoms. The molecule has 0 unspecified atom stereocenters. The highest BCUT2D eigenvalue weighted by molar-refractivity contribution is 7.92. The fraction of sp³-hybridized carbons (Fsp3) is 0.208. The first-order chi connectivity index (χ1) is 14.8. The highest BCUT2D eigenvalue weighted by Gasteiger charge is 2.30. The molecule has 0 aliphatic carbocycles. The van der Waals surface area contributed by atoms with Crippen LogP contribution in [0.25, 0.3) is 0 Å². The highest BCUT2D eigenvalue weighted by Crippen LogP contribution is 2.32. The molecule has 4 rings (SSSR count). The van der Waals surface area contributed by atoms with Crippen molar-refractivity contribution in [2.45, 2.75) is 31.1 Å². The van der Waals surface area contributed by atoms with Crippen molar-refractivity contribution in [1.82, 2.24) is 0 Å². The summed E-state index contributed by atoms with van der Waals surface area (Å²) in [6.45, 7) is 4.77. The number of hydrogen-bond donors (Lipinski definition) is 2. The van der Waals surface area contributed by atoms with E-state index in [2.05, 4.69) is 36.6 Å². The molecular formula is C24H25N3O2S2. The average Bonchev–Trinajstić information content (AvgIpc) is 3.19. The molecule has 7 heteroatoms. The lowest BCUT2D eigenvalue weighted by Gasteiger charge is -2.20. The summed E-state index contributed by atoms with van der Waals surface area (Å²) in [7, 11) is -3.60. The molecule has 0 saturated carbocycles. The monoisotopic (exact) mass is 451 g/mol. The number of sulfonamides is 1. The van der Waals surface area contributed by atoms with Gasteiger partial charge >= 0.3 is 0 Å². The van der Waals surface area contributed by atoms with Crippen LogP contribution in [0.5, 0.6) is 0 Å². The summed E-state index contributed by atoms with van der Waals surface area (Å²) in [5.74, 6) is 0.475. The molecule has 1 heterocycles. The third-order valence-corrected chi connectivity index (χ3v) is 7.41. The van der Waals surface area contributed by atoms with Crippen LogP contribution in [0.1, 0.15) is 30.9 Å². The van der Waals surface area contributed by atoms with Gasteiger partial charge in [0.25, 0.3) is 10.0 Å². The maximum absolute atomic E-state index is 13.1. The van der Waals surface area contributed by atoms with E-state index in [1.165, 1.54) is 9.87 Å². The lowest BCUT2D eigenvalue weighted by atomic mass is 10.0. The maximum Gasteiger partial charge on any atom is 0.264 e. The van der Waals surface area contributed by atoms with Crippen molar-refractivity contribution >= 4 is 44.4 Å². The van der Waals surface area contributed by atoms with Gasteiger partial charge in [-0.05, 0) is 78.1 Å². The maximum atomic E-state index is 13.1. The predicted octanol–water partition coefficient (Wildman–Crippen LogP) is 5.37. The Labute approximate surface area is 189 Å². The first-order valence-corrected chi connectivity index (χ1v) is 12.1. The average molecular weight is 452 g/mol. The number of rotatable bonds is 5. The first-order valence-electron chi connectivity index (χ1n) is 10.2. The Bertz CT molecular complexity index is 1190. The second-order valence-electron chi connectivity index (χ2n) is 7.84. The van der Waals surface area contributed by atoms with Crippen LogP contribution in [0.4, 0.5) is 17.1 Å². The molecule has 0 fully saturated rings. The number of thiocarbonyl (C=S) groups is 1. The molecule has 0 saturated heterocycles. The quantitative estimate of drug-likeness (QED) is 0.511. The van der Waals surface area contributed by atoms with E-state index in [1.807, 2.05) is 36.4 Å². The van der Waals surface area contributed by atoms with Crippen LogP contribution in [0.3, 0.4) is 0 Å². The van der Waals surface area contributed by atoms with Gasteiger partial charge in [0.05, 0.1) is 10.6 Å². The van der Waals surface area contributed by atoms with Gasteiger partial charge < -0.3 is 10.6 Å². The highest BCUT2D eigenvalue weighted by atomic mass is 32.2. The summed E-state index contributed by atoms with van der Waals surface area (Å²) in [5, 5.41) is 6.70. The van der Waals surface area contributed by atoms with Crippen LogP contribution in [-0.2, 0) is 16.4 Å². The molecule has 0 aromatic heterocycles. The molecule has 0 atom stereocenters. The third-order valence-electron chi connectivity index (χ3n) is 5.38. The van der Waals surface area contributed by atoms with Gasteiger partial charge in [-0.2, -0.15) is 0 Å². The zero-order chi connectivity index (χ0) is 22.0. The summed E-state index contributed by atoms with van der Waals surface area (Å²) < 4.78 is 27.7. The van der Waals surface area contributed by atoms with Crippen LogP contribution in [0.15, 0.2) is 77.7 Å². The van der Waals surface area contributed by atoms with Crippen molar-refractivity contribution in [2.75, 3.05) is 21.5 Å². The number of para-hydroxylation sites is 1. The van der Waals surface area contributed by atoms with E-state index < -0.39 is 10.0 Å². The normalized spacial score (nSPS) is 13.2. The standard InChI is InChI=1S/C24H25N3O2S2/c1-17(2)18-7-9-20(10-8-18)25-24(30)26-21-11-13-22(14-12-21)31(28,29)27-16-15-19-5-3-4-6-23(19)27/h3-14,17H,15-16H2,1-2H3,(H2,25,26,30). The van der Waals surface area contributed by atoms with Crippen molar-refractivity contribution in [1.29, 1.82) is 0 Å². The number of hydrogen-bond acceptors (Lipinski definition) is 3. The van der Waals surface area contributed by atoms with Gasteiger partial charge in [0.1, 0.15) is 0 Å². The molecule has 0 spiro atoms. The molecule has 1 aliphatic rings. The van der Waals surface area contributed by atoms with Gasteiger partial charge in [-0.25, -0.2) is 8.42 Å². The summed E-state index contributed by atoms with van der Waals surface area (Å²) in [6.07, 6.45) is 0.729. The molecule has 1 aliphatic heterocycles. The molecular weight excluding hydrogens is 426 g/mol. The Kier molecular flexibility index (Phi) is 5.98. The molecule has 3 aromatic rings. The lowest BCUT2D eigenvalue weighted by Crippen LogP contribution is -2.29. The minimum Gasteiger partial charge on any atom is -0.332 e. The van der Waals surface area contributed by atoms with Crippen LogP contribution in [-0.4, -0.2) is 20.1 Å². The van der Waals surface area contributed by atoms with E-state index in [1.54, 1.807) is 24.3 Å². The molecule has 3 aromatic carbocycles. The van der Waals surface area contributed by atoms with E-state index in [-0.39, 0.29) is 4.90 Å². The number of benzene rings is 3. The van der Waals surface area contributed by atoms with Crippen molar-refractivity contribution in [2.24, 2.45) is 0 Å². The van der Waals surface area contributed by atoms with E-state index in [0.29, 0.717) is 17.6 Å². The third kappa shape index (κ3) is 4.57. The predicted molar refractivity (Wildman–Crippen MR) is 131 cm³/mol. The Morgan fingerprint density at radius 3 is 2.10 bits per heavy atom. The van der Waals surface area contributed by atoms with Gasteiger partial charge in [0.15, 0.2) is 5.11 Å². The van der Waals surface area contributed by atoms with Crippen molar-refractivity contribution in [3.8, 4) is 0 Å². The minimum atomic E-state index is -3.60. The Morgan fingerprint density at radius 2 is 1.48 bits per heavy atom. The smallest absolute Gasteiger partial charge is 0.264 e. The van der Waals surface area contributed by atoms with Crippen LogP contribution in [0, 0.1) is 0 Å². The summed E-state index contributed by atoms with van der Waals surface area (Å²) in [5.41, 5.74) is 4.70. The van der Waals surface area contributed by atoms with E-state index in [9.17, 15) is 8.42 Å². The fourth-order valence-corrected chi connectivity index (χ4v) is 5.38. The summed E-state index contributed by atoms with van der Waals surface area (Å²) >= 11 is 5.39. The van der Waals surface area contributed by atoms with Gasteiger partial charge in [0.2, 0.25) is 0 Å². The largest absolute Gasteiger partial charge is 0.332 e. The minimum absolute atomic E-state index is 0.262. The van der Waals surface area contributed by atoms with E-state index in [4.69, 9.17) is 12.2 Å². The van der Waals surface area contributed by atoms with E-state index >= 15 is 0 Å². The summed E-state index contributed by atoms with van der Waals surface area (Å²) in [6, 6.07) is 22.4. The van der Waals surface area contributed by atoms with Gasteiger partial charge in [-0.15, -0.1) is 0 Å². The first kappa shape index (κ1) is 21.3. The lowest BCUT2D eigenvalue weighted by molar-refractivity contribution is 0.592. The van der Waals surface area contributed by atoms with Crippen LogP contribution >= 0.6 is 12.2 Å². The van der Waals surface area contributed by atoms with E-state index in [0.717, 1.165) is 29.0 Å². The fourth-order valence-electron chi connectivity index (χ4n) is 3.64. The molecule has 5 nitrogen and oxygen atoms in total. The summed E-state index contributed by atoms with van der Waals surface area (Å²) in [4.78, 5) is 0.262. The van der Waals surface area contributed by atoms with Crippen molar-refractivity contribution in [3.63, 3.8) is 0 Å². The Hall–Kier alpha value is -2.90. The molecule has 160 valence electrons. The number of fused-ring (bicyclic) bond motifs is 1. The second-order valence-corrected chi connectivity index (χ2v) is 10.1. The Morgan fingerprint density at radius 1 is 0.903 bits per heavy atom. The number of anilines is 3. The zero-order valence-electron chi connectivity index (χ0n) is 17.5. The number of nitrogens with zero attached hydrogens (tertiary/aromatic N) is 1. The molecule has 0 bridgehead atoms. The van der Waals surface area contributed by atoms with Crippen molar-refractivity contribution < 1.29 is 8.42 Å². The zero-order valence-corrected chi connectivity index (χ0v) is 19.1. The topological polar surface area (TPSA) is 61.4 Å². The molecule has 2 N–H and O–H groups in total. The number of nitrogens with one attached hydrogen (secondary N) is 2.